The molecule has 0 unspecified atom stereocenters. The lowest BCUT2D eigenvalue weighted by Gasteiger charge is -2.20. The summed E-state index contributed by atoms with van der Waals surface area (Å²) < 4.78 is 16.6. The van der Waals surface area contributed by atoms with Gasteiger partial charge in [-0.1, -0.05) is 22.0 Å². The van der Waals surface area contributed by atoms with Gasteiger partial charge in [-0.2, -0.15) is 0 Å². The van der Waals surface area contributed by atoms with Crippen LogP contribution in [0.25, 0.3) is 10.9 Å². The van der Waals surface area contributed by atoms with E-state index in [1.165, 1.54) is 27.3 Å². The lowest BCUT2D eigenvalue weighted by Crippen LogP contribution is -2.20. The molecular weight excluding hydrogens is 528 g/mol. The molecule has 36 heavy (non-hydrogen) atoms. The first-order chi connectivity index (χ1) is 17.3. The summed E-state index contributed by atoms with van der Waals surface area (Å²) in [5, 5.41) is 4.13. The number of unbranched alkanes of at least 4 members (excludes halogenated alkanes) is 2. The molecule has 1 aromatic heterocycles. The van der Waals surface area contributed by atoms with E-state index in [2.05, 4.69) is 49.2 Å². The molecule has 0 aliphatic rings. The average Bonchev–Trinajstić information content (AvgIpc) is 2.82. The van der Waals surface area contributed by atoms with Crippen molar-refractivity contribution in [2.24, 2.45) is 0 Å². The summed E-state index contributed by atoms with van der Waals surface area (Å²) >= 11 is 3.56. The number of benzene rings is 2. The van der Waals surface area contributed by atoms with Gasteiger partial charge in [0.15, 0.2) is 11.5 Å². The van der Waals surface area contributed by atoms with Gasteiger partial charge < -0.3 is 24.4 Å². The highest BCUT2D eigenvalue weighted by Gasteiger charge is 2.15. The van der Waals surface area contributed by atoms with Gasteiger partial charge in [0.2, 0.25) is 0 Å². The Morgan fingerprint density at radius 3 is 2.56 bits per heavy atom. The van der Waals surface area contributed by atoms with Crippen molar-refractivity contribution in [3.8, 4) is 11.5 Å². The maximum Gasteiger partial charge on any atom is 0.308 e. The topological polar surface area (TPSA) is 103 Å². The maximum atomic E-state index is 11.6. The Kier molecular flexibility index (Phi) is 10.0. The van der Waals surface area contributed by atoms with E-state index >= 15 is 0 Å². The minimum atomic E-state index is -0.442. The van der Waals surface area contributed by atoms with Crippen LogP contribution in [0.15, 0.2) is 41.1 Å². The van der Waals surface area contributed by atoms with E-state index in [9.17, 15) is 9.59 Å². The predicted molar refractivity (Wildman–Crippen MR) is 142 cm³/mol. The summed E-state index contributed by atoms with van der Waals surface area (Å²) in [6.07, 6.45) is 4.34. The van der Waals surface area contributed by atoms with Gasteiger partial charge in [-0.25, -0.2) is 9.97 Å². The lowest BCUT2D eigenvalue weighted by molar-refractivity contribution is -0.141. The van der Waals surface area contributed by atoms with Gasteiger partial charge in [0, 0.05) is 42.0 Å². The first-order valence-electron chi connectivity index (χ1n) is 11.7. The third kappa shape index (κ3) is 7.89. The Balaban J connectivity index is 1.77. The van der Waals surface area contributed by atoms with E-state index < -0.39 is 5.97 Å². The van der Waals surface area contributed by atoms with Crippen LogP contribution in [0.4, 0.5) is 11.5 Å². The normalized spacial score (nSPS) is 10.9. The molecule has 1 N–H and O–H groups in total. The van der Waals surface area contributed by atoms with E-state index in [1.54, 1.807) is 12.1 Å². The Labute approximate surface area is 219 Å². The van der Waals surface area contributed by atoms with Crippen LogP contribution >= 0.6 is 15.9 Å². The number of methoxy groups -OCH3 is 1. The zero-order valence-electron chi connectivity index (χ0n) is 21.0. The fraction of sp³-hybridized carbons (Fsp3) is 0.385. The Morgan fingerprint density at radius 2 is 1.83 bits per heavy atom. The van der Waals surface area contributed by atoms with Gasteiger partial charge >= 0.3 is 11.9 Å². The highest BCUT2D eigenvalue weighted by atomic mass is 79.9. The van der Waals surface area contributed by atoms with Gasteiger partial charge in [-0.05, 0) is 56.6 Å². The number of hydrogen-bond acceptors (Lipinski definition) is 9. The number of fused-ring (bicyclic) bond motifs is 1. The lowest BCUT2D eigenvalue weighted by atomic mass is 10.1. The van der Waals surface area contributed by atoms with E-state index in [1.807, 2.05) is 12.1 Å². The molecule has 1 heterocycles. The van der Waals surface area contributed by atoms with E-state index in [4.69, 9.17) is 14.2 Å². The molecule has 0 aliphatic heterocycles. The van der Waals surface area contributed by atoms with Crippen LogP contribution in [0.3, 0.4) is 0 Å². The number of nitrogens with zero attached hydrogens (tertiary/aromatic N) is 3. The number of halogens is 1. The summed E-state index contributed by atoms with van der Waals surface area (Å²) in [5.41, 5.74) is 2.65. The maximum absolute atomic E-state index is 11.6. The molecule has 2 aromatic carbocycles. The molecule has 9 nitrogen and oxygen atoms in total. The second kappa shape index (κ2) is 13.2. The number of esters is 2. The number of hydrogen-bond donors (Lipinski definition) is 1. The van der Waals surface area contributed by atoms with Crippen LogP contribution in [0.2, 0.25) is 0 Å². The first kappa shape index (κ1) is 27.3. The molecule has 0 fully saturated rings. The smallest absolute Gasteiger partial charge is 0.308 e. The van der Waals surface area contributed by atoms with Crippen LogP contribution in [0.5, 0.6) is 11.5 Å². The second-order valence-electron chi connectivity index (χ2n) is 8.40. The summed E-state index contributed by atoms with van der Waals surface area (Å²) in [6.45, 7) is 4.89. The molecule has 0 spiro atoms. The van der Waals surface area contributed by atoms with E-state index in [0.29, 0.717) is 34.8 Å². The number of ether oxygens (including phenoxy) is 3. The zero-order chi connectivity index (χ0) is 26.1. The van der Waals surface area contributed by atoms with Gasteiger partial charge in [-0.3, -0.25) is 9.59 Å². The Morgan fingerprint density at radius 1 is 1.03 bits per heavy atom. The molecule has 0 amide bonds. The van der Waals surface area contributed by atoms with Gasteiger partial charge in [0.05, 0.1) is 19.2 Å². The molecule has 192 valence electrons. The first-order valence-corrected chi connectivity index (χ1v) is 12.4. The van der Waals surface area contributed by atoms with Gasteiger partial charge in [0.1, 0.15) is 12.1 Å². The Hall–Kier alpha value is -3.24. The third-order valence-corrected chi connectivity index (χ3v) is 5.92. The minimum absolute atomic E-state index is 0.236. The second-order valence-corrected chi connectivity index (χ2v) is 9.32. The van der Waals surface area contributed by atoms with Crippen molar-refractivity contribution < 1.29 is 23.8 Å². The van der Waals surface area contributed by atoms with Crippen molar-refractivity contribution in [1.29, 1.82) is 0 Å². The van der Waals surface area contributed by atoms with Crippen molar-refractivity contribution in [2.75, 3.05) is 32.6 Å². The van der Waals surface area contributed by atoms with Gasteiger partial charge in [-0.15, -0.1) is 0 Å². The molecule has 0 aliphatic carbocycles. The number of carbonyl (C=O) groups excluding carboxylic acids is 2. The molecule has 0 bridgehead atoms. The molecule has 0 atom stereocenters. The average molecular weight is 559 g/mol. The predicted octanol–water partition coefficient (Wildman–Crippen LogP) is 5.24. The summed E-state index contributed by atoms with van der Waals surface area (Å²) in [6, 6.07) is 9.51. The quantitative estimate of drug-likeness (QED) is 0.181. The van der Waals surface area contributed by atoms with Crippen LogP contribution in [0, 0.1) is 0 Å². The van der Waals surface area contributed by atoms with Crippen molar-refractivity contribution >= 4 is 50.3 Å². The Bertz CT molecular complexity index is 1220. The molecule has 0 saturated carbocycles. The number of rotatable bonds is 12. The van der Waals surface area contributed by atoms with Crippen molar-refractivity contribution in [3.63, 3.8) is 0 Å². The summed E-state index contributed by atoms with van der Waals surface area (Å²) in [4.78, 5) is 33.5. The van der Waals surface area contributed by atoms with Crippen LogP contribution < -0.4 is 14.8 Å². The molecule has 0 saturated heterocycles. The molecule has 10 heteroatoms. The van der Waals surface area contributed by atoms with Crippen molar-refractivity contribution in [1.82, 2.24) is 14.9 Å². The molecular formula is C26H31BrN4O5. The van der Waals surface area contributed by atoms with Crippen LogP contribution in [0.1, 0.15) is 38.7 Å². The van der Waals surface area contributed by atoms with E-state index in [-0.39, 0.29) is 5.97 Å². The monoisotopic (exact) mass is 558 g/mol. The fourth-order valence-electron chi connectivity index (χ4n) is 3.73. The third-order valence-electron chi connectivity index (χ3n) is 5.43. The van der Waals surface area contributed by atoms with Crippen molar-refractivity contribution in [2.45, 2.75) is 39.7 Å². The van der Waals surface area contributed by atoms with Gasteiger partial charge in [0.25, 0.3) is 0 Å². The number of carbonyl (C=O) groups is 2. The highest BCUT2D eigenvalue weighted by molar-refractivity contribution is 9.10. The molecule has 3 aromatic rings. The molecule has 3 rings (SSSR count). The minimum Gasteiger partial charge on any atom is -0.493 e. The number of anilines is 2. The number of aromatic nitrogens is 2. The van der Waals surface area contributed by atoms with Crippen LogP contribution in [-0.4, -0.2) is 54.1 Å². The largest absolute Gasteiger partial charge is 0.493 e. The zero-order valence-corrected chi connectivity index (χ0v) is 22.6. The van der Waals surface area contributed by atoms with Crippen molar-refractivity contribution in [3.05, 3.63) is 46.7 Å². The molecule has 0 radical (unpaired) electrons. The summed E-state index contributed by atoms with van der Waals surface area (Å²) in [7, 11) is 3.59. The number of nitrogens with one attached hydrogen (secondary N) is 1. The highest BCUT2D eigenvalue weighted by Crippen LogP contribution is 2.35. The standard InChI is InChI=1S/C26H31BrN4O5/c1-17(32)35-11-7-5-6-10-31(3)15-19-8-9-20(27)12-22(19)30-26-21-13-25(36-18(2)33)24(34-4)14-23(21)28-16-29-26/h8-9,12-14,16H,5-7,10-11,15H2,1-4H3,(H,28,29,30). The SMILES string of the molecule is COc1cc2ncnc(Nc3cc(Br)ccc3CN(C)CCCCCOC(C)=O)c2cc1OC(C)=O. The van der Waals surface area contributed by atoms with Crippen LogP contribution in [-0.2, 0) is 20.9 Å². The summed E-state index contributed by atoms with van der Waals surface area (Å²) in [5.74, 6) is 0.630. The fourth-order valence-corrected chi connectivity index (χ4v) is 4.10. The van der Waals surface area contributed by atoms with E-state index in [0.717, 1.165) is 48.1 Å².